The van der Waals surface area contributed by atoms with E-state index in [2.05, 4.69) is 16.0 Å². The number of carbonyl (C=O) groups excluding carboxylic acids is 2. The van der Waals surface area contributed by atoms with E-state index in [0.29, 0.717) is 13.1 Å². The molecule has 0 saturated carbocycles. The molecular formula is C10H19N3O4. The summed E-state index contributed by atoms with van der Waals surface area (Å²) in [5.74, 6) is -1.78. The van der Waals surface area contributed by atoms with Crippen LogP contribution in [0.5, 0.6) is 0 Å². The van der Waals surface area contributed by atoms with E-state index in [9.17, 15) is 14.4 Å². The molecule has 7 heteroatoms. The maximum absolute atomic E-state index is 11.3. The van der Waals surface area contributed by atoms with Gasteiger partial charge in [0.15, 0.2) is 0 Å². The first-order chi connectivity index (χ1) is 7.84. The van der Waals surface area contributed by atoms with Gasteiger partial charge in [-0.2, -0.15) is 0 Å². The molecule has 17 heavy (non-hydrogen) atoms. The highest BCUT2D eigenvalue weighted by atomic mass is 16.4. The molecule has 0 saturated heterocycles. The highest BCUT2D eigenvalue weighted by molar-refractivity contribution is 5.76. The standard InChI is InChI=1S/C10H19N3O4/c1-6(9(15)16)7(2)13-10(17)12-5-4-11-8(3)14/h6-7H,4-5H2,1-3H3,(H,11,14)(H,15,16)(H2,12,13,17). The van der Waals surface area contributed by atoms with Crippen molar-refractivity contribution in [2.75, 3.05) is 13.1 Å². The minimum Gasteiger partial charge on any atom is -0.481 e. The third-order valence-corrected chi connectivity index (χ3v) is 2.28. The molecule has 0 heterocycles. The molecule has 3 amide bonds. The van der Waals surface area contributed by atoms with E-state index >= 15 is 0 Å². The van der Waals surface area contributed by atoms with E-state index in [1.165, 1.54) is 13.8 Å². The molecule has 0 spiro atoms. The molecule has 0 rings (SSSR count). The summed E-state index contributed by atoms with van der Waals surface area (Å²) in [7, 11) is 0. The van der Waals surface area contributed by atoms with Crippen molar-refractivity contribution in [1.82, 2.24) is 16.0 Å². The third-order valence-electron chi connectivity index (χ3n) is 2.28. The average Bonchev–Trinajstić information content (AvgIpc) is 2.22. The van der Waals surface area contributed by atoms with E-state index < -0.39 is 24.0 Å². The zero-order chi connectivity index (χ0) is 13.4. The van der Waals surface area contributed by atoms with Gasteiger partial charge >= 0.3 is 12.0 Å². The van der Waals surface area contributed by atoms with Crippen LogP contribution >= 0.6 is 0 Å². The van der Waals surface area contributed by atoms with Crippen LogP contribution in [0.15, 0.2) is 0 Å². The lowest BCUT2D eigenvalue weighted by molar-refractivity contribution is -0.141. The first kappa shape index (κ1) is 15.2. The minimum absolute atomic E-state index is 0.167. The molecule has 7 nitrogen and oxygen atoms in total. The summed E-state index contributed by atoms with van der Waals surface area (Å²) in [6.07, 6.45) is 0. The van der Waals surface area contributed by atoms with Gasteiger partial charge in [-0.3, -0.25) is 9.59 Å². The van der Waals surface area contributed by atoms with Gasteiger partial charge in [-0.05, 0) is 13.8 Å². The lowest BCUT2D eigenvalue weighted by Crippen LogP contribution is -2.46. The fourth-order valence-electron chi connectivity index (χ4n) is 1.01. The Hall–Kier alpha value is -1.79. The zero-order valence-corrected chi connectivity index (χ0v) is 10.2. The summed E-state index contributed by atoms with van der Waals surface area (Å²) in [5.41, 5.74) is 0. The average molecular weight is 245 g/mol. The summed E-state index contributed by atoms with van der Waals surface area (Å²) in [6.45, 7) is 5.15. The molecule has 0 radical (unpaired) electrons. The smallest absolute Gasteiger partial charge is 0.315 e. The van der Waals surface area contributed by atoms with Crippen LogP contribution in [0.2, 0.25) is 0 Å². The second-order valence-electron chi connectivity index (χ2n) is 3.80. The number of hydrogen-bond donors (Lipinski definition) is 4. The molecule has 4 N–H and O–H groups in total. The van der Waals surface area contributed by atoms with Crippen molar-refractivity contribution in [1.29, 1.82) is 0 Å². The first-order valence-corrected chi connectivity index (χ1v) is 5.36. The Morgan fingerprint density at radius 3 is 2.12 bits per heavy atom. The molecular weight excluding hydrogens is 226 g/mol. The summed E-state index contributed by atoms with van der Waals surface area (Å²) < 4.78 is 0. The van der Waals surface area contributed by atoms with E-state index in [4.69, 9.17) is 5.11 Å². The monoisotopic (exact) mass is 245 g/mol. The maximum Gasteiger partial charge on any atom is 0.315 e. The number of urea groups is 1. The predicted octanol–water partition coefficient (Wildman–Crippen LogP) is -0.469. The lowest BCUT2D eigenvalue weighted by atomic mass is 10.0. The van der Waals surface area contributed by atoms with Gasteiger partial charge < -0.3 is 21.1 Å². The Kier molecular flexibility index (Phi) is 6.69. The van der Waals surface area contributed by atoms with Crippen molar-refractivity contribution in [2.24, 2.45) is 5.92 Å². The van der Waals surface area contributed by atoms with Crippen LogP contribution in [0.4, 0.5) is 4.79 Å². The number of nitrogens with one attached hydrogen (secondary N) is 3. The molecule has 0 aromatic heterocycles. The van der Waals surface area contributed by atoms with Crippen molar-refractivity contribution in [3.05, 3.63) is 0 Å². The number of aliphatic carboxylic acids is 1. The van der Waals surface area contributed by atoms with Gasteiger partial charge in [0.25, 0.3) is 0 Å². The van der Waals surface area contributed by atoms with Gasteiger partial charge in [0.1, 0.15) is 0 Å². The Labute approximate surface area is 100.0 Å². The van der Waals surface area contributed by atoms with Gasteiger partial charge in [-0.1, -0.05) is 0 Å². The molecule has 0 aromatic carbocycles. The first-order valence-electron chi connectivity index (χ1n) is 5.36. The van der Waals surface area contributed by atoms with Crippen LogP contribution in [0.25, 0.3) is 0 Å². The predicted molar refractivity (Wildman–Crippen MR) is 61.5 cm³/mol. The number of hydrogen-bond acceptors (Lipinski definition) is 3. The largest absolute Gasteiger partial charge is 0.481 e. The molecule has 0 aliphatic rings. The van der Waals surface area contributed by atoms with Gasteiger partial charge in [-0.15, -0.1) is 0 Å². The number of carbonyl (C=O) groups is 3. The minimum atomic E-state index is -0.962. The Bertz CT molecular complexity index is 293. The molecule has 0 aromatic rings. The molecule has 0 fully saturated rings. The van der Waals surface area contributed by atoms with Crippen molar-refractivity contribution in [3.63, 3.8) is 0 Å². The Morgan fingerprint density at radius 2 is 1.65 bits per heavy atom. The summed E-state index contributed by atoms with van der Waals surface area (Å²) in [5, 5.41) is 16.3. The van der Waals surface area contributed by atoms with Crippen molar-refractivity contribution >= 4 is 17.9 Å². The third kappa shape index (κ3) is 7.15. The van der Waals surface area contributed by atoms with Gasteiger partial charge in [0, 0.05) is 26.1 Å². The van der Waals surface area contributed by atoms with Crippen molar-refractivity contribution < 1.29 is 19.5 Å². The number of carboxylic acid groups (broad SMARTS) is 1. The van der Waals surface area contributed by atoms with Crippen molar-refractivity contribution in [2.45, 2.75) is 26.8 Å². The molecule has 98 valence electrons. The fraction of sp³-hybridized carbons (Fsp3) is 0.700. The van der Waals surface area contributed by atoms with Crippen molar-refractivity contribution in [3.8, 4) is 0 Å². The number of amides is 3. The molecule has 0 bridgehead atoms. The van der Waals surface area contributed by atoms with Gasteiger partial charge in [0.05, 0.1) is 5.92 Å². The van der Waals surface area contributed by atoms with E-state index in [-0.39, 0.29) is 5.91 Å². The quantitative estimate of drug-likeness (QED) is 0.474. The topological polar surface area (TPSA) is 108 Å². The van der Waals surface area contributed by atoms with Crippen LogP contribution < -0.4 is 16.0 Å². The normalized spacial score (nSPS) is 13.4. The summed E-state index contributed by atoms with van der Waals surface area (Å²) in [4.78, 5) is 32.5. The maximum atomic E-state index is 11.3. The SMILES string of the molecule is CC(=O)NCCNC(=O)NC(C)C(C)C(=O)O. The van der Waals surface area contributed by atoms with Crippen LogP contribution in [-0.4, -0.2) is 42.1 Å². The molecule has 2 atom stereocenters. The Balaban J connectivity index is 3.78. The van der Waals surface area contributed by atoms with Gasteiger partial charge in [-0.25, -0.2) is 4.79 Å². The molecule has 2 unspecified atom stereocenters. The summed E-state index contributed by atoms with van der Waals surface area (Å²) >= 11 is 0. The summed E-state index contributed by atoms with van der Waals surface area (Å²) in [6, 6.07) is -0.913. The number of rotatable bonds is 6. The second kappa shape index (κ2) is 7.48. The Morgan fingerprint density at radius 1 is 1.12 bits per heavy atom. The van der Waals surface area contributed by atoms with Gasteiger partial charge in [0.2, 0.25) is 5.91 Å². The zero-order valence-electron chi connectivity index (χ0n) is 10.2. The fourth-order valence-corrected chi connectivity index (χ4v) is 1.01. The van der Waals surface area contributed by atoms with E-state index in [1.807, 2.05) is 0 Å². The van der Waals surface area contributed by atoms with E-state index in [1.54, 1.807) is 6.92 Å². The highest BCUT2D eigenvalue weighted by Crippen LogP contribution is 2.01. The van der Waals surface area contributed by atoms with Crippen LogP contribution in [0.1, 0.15) is 20.8 Å². The van der Waals surface area contributed by atoms with E-state index in [0.717, 1.165) is 0 Å². The van der Waals surface area contributed by atoms with Crippen LogP contribution in [-0.2, 0) is 9.59 Å². The molecule has 0 aliphatic carbocycles. The molecule has 0 aliphatic heterocycles. The second-order valence-corrected chi connectivity index (χ2v) is 3.80. The highest BCUT2D eigenvalue weighted by Gasteiger charge is 2.20. The van der Waals surface area contributed by atoms with Crippen LogP contribution in [0.3, 0.4) is 0 Å². The lowest BCUT2D eigenvalue weighted by Gasteiger charge is -2.18. The number of carboxylic acids is 1. The van der Waals surface area contributed by atoms with Crippen LogP contribution in [0, 0.1) is 5.92 Å².